The van der Waals surface area contributed by atoms with Crippen molar-refractivity contribution in [1.82, 2.24) is 0 Å². The van der Waals surface area contributed by atoms with Crippen LogP contribution in [0, 0.1) is 0 Å². The minimum atomic E-state index is 1.10. The minimum absolute atomic E-state index is 1.10. The van der Waals surface area contributed by atoms with Gasteiger partial charge in [0.2, 0.25) is 0 Å². The van der Waals surface area contributed by atoms with Crippen molar-refractivity contribution in [3.8, 4) is 0 Å². The summed E-state index contributed by atoms with van der Waals surface area (Å²) in [5.74, 6) is 0. The van der Waals surface area contributed by atoms with Crippen LogP contribution in [0.4, 0.5) is 5.69 Å². The summed E-state index contributed by atoms with van der Waals surface area (Å²) >= 11 is 0. The fourth-order valence-electron chi connectivity index (χ4n) is 1.71. The van der Waals surface area contributed by atoms with E-state index in [1.54, 1.807) is 0 Å². The maximum atomic E-state index is 3.80. The lowest BCUT2D eigenvalue weighted by atomic mass is 10.00. The molecule has 0 amide bonds. The molecule has 0 radical (unpaired) electrons. The van der Waals surface area contributed by atoms with Gasteiger partial charge in [-0.2, -0.15) is 0 Å². The molecule has 1 aliphatic heterocycles. The molecule has 0 atom stereocenters. The summed E-state index contributed by atoms with van der Waals surface area (Å²) in [6.45, 7) is 4.89. The third-order valence-corrected chi connectivity index (χ3v) is 2.33. The van der Waals surface area contributed by atoms with Gasteiger partial charge in [-0.1, -0.05) is 30.9 Å². The molecular weight excluding hydrogens is 146 g/mol. The van der Waals surface area contributed by atoms with Crippen molar-refractivity contribution in [2.45, 2.75) is 12.8 Å². The topological polar surface area (TPSA) is 12.0 Å². The summed E-state index contributed by atoms with van der Waals surface area (Å²) in [5.41, 5.74) is 3.95. The lowest BCUT2D eigenvalue weighted by Gasteiger charge is -2.19. The number of hydrogen-bond acceptors (Lipinski definition) is 1. The second-order valence-corrected chi connectivity index (χ2v) is 3.12. The Labute approximate surface area is 73.1 Å². The van der Waals surface area contributed by atoms with Gasteiger partial charge in [0.15, 0.2) is 0 Å². The summed E-state index contributed by atoms with van der Waals surface area (Å²) in [5, 5.41) is 3.41. The molecule has 0 saturated carbocycles. The molecule has 0 aliphatic carbocycles. The smallest absolute Gasteiger partial charge is 0.0446 e. The Kier molecular flexibility index (Phi) is 1.86. The maximum absolute atomic E-state index is 3.80. The summed E-state index contributed by atoms with van der Waals surface area (Å²) in [7, 11) is 0. The van der Waals surface area contributed by atoms with E-state index in [0.29, 0.717) is 0 Å². The highest BCUT2D eigenvalue weighted by Crippen LogP contribution is 2.26. The Morgan fingerprint density at radius 1 is 1.42 bits per heavy atom. The number of aryl methyl sites for hydroxylation is 1. The van der Waals surface area contributed by atoms with Crippen LogP contribution >= 0.6 is 0 Å². The quantitative estimate of drug-likeness (QED) is 0.664. The molecule has 0 aromatic heterocycles. The second-order valence-electron chi connectivity index (χ2n) is 3.12. The van der Waals surface area contributed by atoms with Crippen molar-refractivity contribution in [3.05, 3.63) is 35.9 Å². The first-order valence-corrected chi connectivity index (χ1v) is 4.40. The normalized spacial score (nSPS) is 14.7. The summed E-state index contributed by atoms with van der Waals surface area (Å²) in [6, 6.07) is 6.39. The predicted octanol–water partition coefficient (Wildman–Crippen LogP) is 2.69. The van der Waals surface area contributed by atoms with E-state index >= 15 is 0 Å². The lowest BCUT2D eigenvalue weighted by Crippen LogP contribution is -2.12. The Balaban J connectivity index is 2.51. The Hall–Kier alpha value is -1.24. The van der Waals surface area contributed by atoms with E-state index in [0.717, 1.165) is 6.54 Å². The second kappa shape index (κ2) is 3.02. The van der Waals surface area contributed by atoms with Gasteiger partial charge in [-0.3, -0.25) is 0 Å². The number of rotatable bonds is 1. The molecule has 0 spiro atoms. The van der Waals surface area contributed by atoms with Crippen LogP contribution in [-0.2, 0) is 6.42 Å². The van der Waals surface area contributed by atoms with E-state index in [1.807, 2.05) is 6.08 Å². The predicted molar refractivity (Wildman–Crippen MR) is 53.3 cm³/mol. The van der Waals surface area contributed by atoms with Gasteiger partial charge >= 0.3 is 0 Å². The molecule has 1 aliphatic rings. The van der Waals surface area contributed by atoms with Gasteiger partial charge in [0.1, 0.15) is 0 Å². The molecule has 2 rings (SSSR count). The van der Waals surface area contributed by atoms with Crippen LogP contribution in [0.1, 0.15) is 17.5 Å². The summed E-state index contributed by atoms with van der Waals surface area (Å²) in [6.07, 6.45) is 4.36. The maximum Gasteiger partial charge on any atom is 0.0446 e. The molecule has 0 bridgehead atoms. The molecule has 0 saturated heterocycles. The monoisotopic (exact) mass is 159 g/mol. The first-order chi connectivity index (χ1) is 5.92. The first kappa shape index (κ1) is 7.41. The molecule has 1 N–H and O–H groups in total. The molecule has 1 heteroatoms. The van der Waals surface area contributed by atoms with Crippen LogP contribution in [0.2, 0.25) is 0 Å². The van der Waals surface area contributed by atoms with Crippen molar-refractivity contribution < 1.29 is 0 Å². The molecule has 1 aromatic carbocycles. The van der Waals surface area contributed by atoms with Gasteiger partial charge in [-0.05, 0) is 24.0 Å². The zero-order valence-corrected chi connectivity index (χ0v) is 7.14. The average Bonchev–Trinajstić information content (AvgIpc) is 2.17. The number of hydrogen-bond donors (Lipinski definition) is 1. The van der Waals surface area contributed by atoms with Crippen LogP contribution in [0.25, 0.3) is 6.08 Å². The first-order valence-electron chi connectivity index (χ1n) is 4.40. The number of fused-ring (bicyclic) bond motifs is 1. The van der Waals surface area contributed by atoms with Crippen LogP contribution in [0.3, 0.4) is 0 Å². The van der Waals surface area contributed by atoms with Crippen molar-refractivity contribution >= 4 is 11.8 Å². The molecule has 12 heavy (non-hydrogen) atoms. The van der Waals surface area contributed by atoms with Gasteiger partial charge in [0, 0.05) is 12.2 Å². The van der Waals surface area contributed by atoms with Gasteiger partial charge < -0.3 is 5.32 Å². The number of para-hydroxylation sites is 1. The zero-order chi connectivity index (χ0) is 8.39. The number of anilines is 1. The zero-order valence-electron chi connectivity index (χ0n) is 7.14. The molecule has 62 valence electrons. The SMILES string of the molecule is C=Cc1cccc2c1NCCC2. The van der Waals surface area contributed by atoms with Crippen molar-refractivity contribution in [2.24, 2.45) is 0 Å². The fraction of sp³-hybridized carbons (Fsp3) is 0.273. The third kappa shape index (κ3) is 1.11. The van der Waals surface area contributed by atoms with E-state index in [-0.39, 0.29) is 0 Å². The lowest BCUT2D eigenvalue weighted by molar-refractivity contribution is 0.829. The van der Waals surface area contributed by atoms with Crippen molar-refractivity contribution in [2.75, 3.05) is 11.9 Å². The van der Waals surface area contributed by atoms with Gasteiger partial charge in [-0.15, -0.1) is 0 Å². The Bertz CT molecular complexity index is 302. The minimum Gasteiger partial charge on any atom is -0.384 e. The Morgan fingerprint density at radius 2 is 2.33 bits per heavy atom. The van der Waals surface area contributed by atoms with Gasteiger partial charge in [-0.25, -0.2) is 0 Å². The molecule has 0 fully saturated rings. The Morgan fingerprint density at radius 3 is 3.17 bits per heavy atom. The van der Waals surface area contributed by atoms with Gasteiger partial charge in [0.05, 0.1) is 0 Å². The average molecular weight is 159 g/mol. The largest absolute Gasteiger partial charge is 0.384 e. The van der Waals surface area contributed by atoms with E-state index < -0.39 is 0 Å². The summed E-state index contributed by atoms with van der Waals surface area (Å²) < 4.78 is 0. The van der Waals surface area contributed by atoms with E-state index in [9.17, 15) is 0 Å². The third-order valence-electron chi connectivity index (χ3n) is 2.33. The van der Waals surface area contributed by atoms with E-state index in [2.05, 4.69) is 30.1 Å². The van der Waals surface area contributed by atoms with E-state index in [4.69, 9.17) is 0 Å². The van der Waals surface area contributed by atoms with Crippen molar-refractivity contribution in [1.29, 1.82) is 0 Å². The highest BCUT2D eigenvalue weighted by Gasteiger charge is 2.09. The van der Waals surface area contributed by atoms with Crippen LogP contribution in [-0.4, -0.2) is 6.54 Å². The molecule has 0 unspecified atom stereocenters. The molecule has 1 heterocycles. The van der Waals surface area contributed by atoms with Crippen LogP contribution in [0.15, 0.2) is 24.8 Å². The highest BCUT2D eigenvalue weighted by molar-refractivity contribution is 5.69. The molecular formula is C11H13N. The van der Waals surface area contributed by atoms with Crippen LogP contribution < -0.4 is 5.32 Å². The standard InChI is InChI=1S/C11H13N/c1-2-9-5-3-6-10-7-4-8-12-11(9)10/h2-3,5-6,12H,1,4,7-8H2. The molecule has 1 nitrogen and oxygen atoms in total. The highest BCUT2D eigenvalue weighted by atomic mass is 14.9. The van der Waals surface area contributed by atoms with Crippen LogP contribution in [0.5, 0.6) is 0 Å². The van der Waals surface area contributed by atoms with E-state index in [1.165, 1.54) is 29.7 Å². The number of nitrogens with one attached hydrogen (secondary N) is 1. The molecule has 1 aromatic rings. The van der Waals surface area contributed by atoms with Gasteiger partial charge in [0.25, 0.3) is 0 Å². The summed E-state index contributed by atoms with van der Waals surface area (Å²) in [4.78, 5) is 0. The number of benzene rings is 1. The van der Waals surface area contributed by atoms with Crippen molar-refractivity contribution in [3.63, 3.8) is 0 Å². The fourth-order valence-corrected chi connectivity index (χ4v) is 1.71.